The van der Waals surface area contributed by atoms with Crippen LogP contribution in [0.15, 0.2) is 34.6 Å². The summed E-state index contributed by atoms with van der Waals surface area (Å²) in [6, 6.07) is 5.46. The van der Waals surface area contributed by atoms with Crippen LogP contribution in [0.1, 0.15) is 20.8 Å². The van der Waals surface area contributed by atoms with Crippen LogP contribution in [0.3, 0.4) is 0 Å². The molecule has 1 aliphatic rings. The maximum absolute atomic E-state index is 9.10. The summed E-state index contributed by atoms with van der Waals surface area (Å²) in [5.41, 5.74) is 0.803. The molecule has 0 aromatic heterocycles. The molecule has 0 bridgehead atoms. The van der Waals surface area contributed by atoms with Crippen molar-refractivity contribution in [2.45, 2.75) is 20.8 Å². The molecule has 0 spiro atoms. The van der Waals surface area contributed by atoms with Crippen LogP contribution in [0.2, 0.25) is 0 Å². The van der Waals surface area contributed by atoms with Crippen molar-refractivity contribution in [1.29, 1.82) is 15.8 Å². The Balaban J connectivity index is 3.24. The number of nitriles is 3. The minimum Gasteiger partial charge on any atom is -0.485 e. The molecule has 0 aliphatic carbocycles. The molecule has 1 heterocycles. The summed E-state index contributed by atoms with van der Waals surface area (Å²) < 4.78 is 5.27. The fourth-order valence-electron chi connectivity index (χ4n) is 1.37. The average molecular weight is 239 g/mol. The molecule has 0 N–H and O–H groups in total. The van der Waals surface area contributed by atoms with E-state index in [9.17, 15) is 0 Å². The summed E-state index contributed by atoms with van der Waals surface area (Å²) in [5.74, 6) is 0.0936. The molecule has 0 aromatic carbocycles. The second-order valence-electron chi connectivity index (χ2n) is 4.93. The van der Waals surface area contributed by atoms with Gasteiger partial charge >= 0.3 is 0 Å². The van der Waals surface area contributed by atoms with Crippen molar-refractivity contribution in [2.24, 2.45) is 5.41 Å². The van der Waals surface area contributed by atoms with Gasteiger partial charge in [-0.2, -0.15) is 15.8 Å². The van der Waals surface area contributed by atoms with Crippen molar-refractivity contribution < 1.29 is 4.74 Å². The lowest BCUT2D eigenvalue weighted by molar-refractivity contribution is 0.271. The molecule has 1 aliphatic heterocycles. The number of nitrogens with zero attached hydrogens (tertiary/aromatic N) is 3. The van der Waals surface area contributed by atoms with Gasteiger partial charge in [-0.25, -0.2) is 0 Å². The van der Waals surface area contributed by atoms with Gasteiger partial charge in [-0.05, 0) is 5.41 Å². The molecule has 90 valence electrons. The summed E-state index contributed by atoms with van der Waals surface area (Å²) >= 11 is 0. The monoisotopic (exact) mass is 239 g/mol. The Labute approximate surface area is 107 Å². The first-order valence-electron chi connectivity index (χ1n) is 5.43. The number of rotatable bonds is 1. The zero-order valence-corrected chi connectivity index (χ0v) is 10.6. The molecule has 4 heteroatoms. The van der Waals surface area contributed by atoms with Gasteiger partial charge in [-0.3, -0.25) is 0 Å². The highest BCUT2D eigenvalue weighted by atomic mass is 16.5. The SMILES string of the molecule is CC(C)(C)/C=C/C1=C(C#N)C(=C(C#N)C#N)OC1. The van der Waals surface area contributed by atoms with E-state index in [0.717, 1.165) is 0 Å². The first kappa shape index (κ1) is 13.6. The van der Waals surface area contributed by atoms with E-state index in [2.05, 4.69) is 0 Å². The van der Waals surface area contributed by atoms with Crippen LogP contribution in [-0.2, 0) is 4.74 Å². The Bertz CT molecular complexity index is 550. The molecule has 0 radical (unpaired) electrons. The van der Waals surface area contributed by atoms with Crippen molar-refractivity contribution in [3.05, 3.63) is 34.6 Å². The largest absolute Gasteiger partial charge is 0.485 e. The minimum absolute atomic E-state index is 0.00663. The van der Waals surface area contributed by atoms with Gasteiger partial charge in [-0.1, -0.05) is 32.9 Å². The standard InChI is InChI=1S/C14H13N3O/c1-14(2,3)5-4-10-9-18-13(12(10)8-17)11(6-15)7-16/h4-5H,9H2,1-3H3/b5-4+. The van der Waals surface area contributed by atoms with Gasteiger partial charge < -0.3 is 4.74 Å². The van der Waals surface area contributed by atoms with E-state index in [1.165, 1.54) is 0 Å². The second kappa shape index (κ2) is 5.21. The second-order valence-corrected chi connectivity index (χ2v) is 4.93. The highest BCUT2D eigenvalue weighted by molar-refractivity contribution is 5.57. The van der Waals surface area contributed by atoms with E-state index in [1.54, 1.807) is 12.1 Å². The number of ether oxygens (including phenoxy) is 1. The topological polar surface area (TPSA) is 80.6 Å². The first-order valence-corrected chi connectivity index (χ1v) is 5.43. The molecule has 0 saturated carbocycles. The van der Waals surface area contributed by atoms with Gasteiger partial charge in [0.15, 0.2) is 11.3 Å². The van der Waals surface area contributed by atoms with E-state index in [1.807, 2.05) is 39.0 Å². The minimum atomic E-state index is -0.161. The Kier molecular flexibility index (Phi) is 3.93. The van der Waals surface area contributed by atoms with Crippen LogP contribution < -0.4 is 0 Å². The Morgan fingerprint density at radius 1 is 1.22 bits per heavy atom. The third-order valence-electron chi connectivity index (χ3n) is 2.27. The predicted molar refractivity (Wildman–Crippen MR) is 65.4 cm³/mol. The van der Waals surface area contributed by atoms with Crippen molar-refractivity contribution in [2.75, 3.05) is 6.61 Å². The van der Waals surface area contributed by atoms with E-state index in [4.69, 9.17) is 20.5 Å². The summed E-state index contributed by atoms with van der Waals surface area (Å²) in [4.78, 5) is 0. The van der Waals surface area contributed by atoms with Crippen molar-refractivity contribution >= 4 is 0 Å². The van der Waals surface area contributed by atoms with Crippen molar-refractivity contribution in [1.82, 2.24) is 0 Å². The molecule has 0 amide bonds. The lowest BCUT2D eigenvalue weighted by Gasteiger charge is -2.10. The lowest BCUT2D eigenvalue weighted by atomic mass is 9.94. The number of hydrogen-bond donors (Lipinski definition) is 0. The van der Waals surface area contributed by atoms with Crippen LogP contribution in [0, 0.1) is 39.4 Å². The van der Waals surface area contributed by atoms with Crippen LogP contribution in [0.5, 0.6) is 0 Å². The van der Waals surface area contributed by atoms with E-state index in [-0.39, 0.29) is 28.9 Å². The summed E-state index contributed by atoms with van der Waals surface area (Å²) in [6.45, 7) is 6.34. The average Bonchev–Trinajstić information content (AvgIpc) is 2.70. The lowest BCUT2D eigenvalue weighted by Crippen LogP contribution is -1.99. The zero-order chi connectivity index (χ0) is 13.8. The van der Waals surface area contributed by atoms with Gasteiger partial charge in [0.05, 0.1) is 0 Å². The summed E-state index contributed by atoms with van der Waals surface area (Å²) in [6.07, 6.45) is 3.78. The smallest absolute Gasteiger partial charge is 0.172 e. The van der Waals surface area contributed by atoms with Crippen molar-refractivity contribution in [3.8, 4) is 18.2 Å². The van der Waals surface area contributed by atoms with Gasteiger partial charge in [0.1, 0.15) is 30.4 Å². The van der Waals surface area contributed by atoms with Gasteiger partial charge in [0.25, 0.3) is 0 Å². The first-order chi connectivity index (χ1) is 8.42. The van der Waals surface area contributed by atoms with Gasteiger partial charge in [0.2, 0.25) is 0 Å². The normalized spacial score (nSPS) is 15.0. The van der Waals surface area contributed by atoms with Crippen molar-refractivity contribution in [3.63, 3.8) is 0 Å². The van der Waals surface area contributed by atoms with Gasteiger partial charge in [-0.15, -0.1) is 0 Å². The highest BCUT2D eigenvalue weighted by Crippen LogP contribution is 2.28. The zero-order valence-electron chi connectivity index (χ0n) is 10.6. The Morgan fingerprint density at radius 2 is 1.83 bits per heavy atom. The Hall–Kier alpha value is -2.51. The van der Waals surface area contributed by atoms with Crippen LogP contribution in [0.4, 0.5) is 0 Å². The molecule has 0 unspecified atom stereocenters. The van der Waals surface area contributed by atoms with Crippen LogP contribution in [-0.4, -0.2) is 6.61 Å². The molecule has 4 nitrogen and oxygen atoms in total. The molecule has 0 saturated heterocycles. The van der Waals surface area contributed by atoms with E-state index >= 15 is 0 Å². The highest BCUT2D eigenvalue weighted by Gasteiger charge is 2.24. The molecular weight excluding hydrogens is 226 g/mol. The predicted octanol–water partition coefficient (Wildman–Crippen LogP) is 2.74. The molecule has 0 atom stereocenters. The molecule has 0 fully saturated rings. The maximum Gasteiger partial charge on any atom is 0.172 e. The summed E-state index contributed by atoms with van der Waals surface area (Å²) in [7, 11) is 0. The van der Waals surface area contributed by atoms with E-state index in [0.29, 0.717) is 5.57 Å². The molecule has 1 rings (SSSR count). The third-order valence-corrected chi connectivity index (χ3v) is 2.27. The number of allylic oxidation sites excluding steroid dienone is 3. The molecule has 0 aromatic rings. The van der Waals surface area contributed by atoms with Crippen LogP contribution >= 0.6 is 0 Å². The maximum atomic E-state index is 9.10. The molecular formula is C14H13N3O. The fourth-order valence-corrected chi connectivity index (χ4v) is 1.37. The number of hydrogen-bond acceptors (Lipinski definition) is 4. The van der Waals surface area contributed by atoms with Crippen LogP contribution in [0.25, 0.3) is 0 Å². The quantitative estimate of drug-likeness (QED) is 0.659. The third kappa shape index (κ3) is 3.00. The van der Waals surface area contributed by atoms with Gasteiger partial charge in [0, 0.05) is 5.57 Å². The Morgan fingerprint density at radius 3 is 2.28 bits per heavy atom. The fraction of sp³-hybridized carbons (Fsp3) is 0.357. The summed E-state index contributed by atoms with van der Waals surface area (Å²) in [5, 5.41) is 26.7. The van der Waals surface area contributed by atoms with E-state index < -0.39 is 0 Å². The molecule has 18 heavy (non-hydrogen) atoms.